The molecule has 1 heterocycles. The highest BCUT2D eigenvalue weighted by molar-refractivity contribution is 5.80. The first-order valence-corrected chi connectivity index (χ1v) is 8.05. The molecule has 5 nitrogen and oxygen atoms in total. The van der Waals surface area contributed by atoms with Gasteiger partial charge in [-0.05, 0) is 36.5 Å². The molecule has 2 rings (SSSR count). The van der Waals surface area contributed by atoms with Crippen LogP contribution in [0.2, 0.25) is 0 Å². The molecule has 0 aromatic heterocycles. The molecule has 5 heteroatoms. The van der Waals surface area contributed by atoms with Crippen LogP contribution in [0.5, 0.6) is 5.75 Å². The van der Waals surface area contributed by atoms with Crippen molar-refractivity contribution in [2.24, 2.45) is 17.8 Å². The number of hydrogen-bond donors (Lipinski definition) is 1. The average Bonchev–Trinajstić information content (AvgIpc) is 2.54. The summed E-state index contributed by atoms with van der Waals surface area (Å²) in [4.78, 5) is 25.6. The van der Waals surface area contributed by atoms with Crippen molar-refractivity contribution in [1.29, 1.82) is 0 Å². The lowest BCUT2D eigenvalue weighted by molar-refractivity contribution is -0.148. The zero-order chi connectivity index (χ0) is 17.0. The molecule has 3 atom stereocenters. The van der Waals surface area contributed by atoms with Crippen molar-refractivity contribution in [2.45, 2.75) is 26.7 Å². The molecule has 0 aliphatic carbocycles. The molecule has 126 valence electrons. The Balaban J connectivity index is 1.98. The van der Waals surface area contributed by atoms with Crippen LogP contribution in [-0.2, 0) is 16.0 Å². The van der Waals surface area contributed by atoms with E-state index in [4.69, 9.17) is 4.74 Å². The molecule has 3 unspecified atom stereocenters. The van der Waals surface area contributed by atoms with Crippen LogP contribution in [0, 0.1) is 17.8 Å². The standard InChI is InChI=1S/C18H25NO4/c1-12-8-15(18(21)22)11-19(10-12)17(20)13(2)9-14-4-6-16(23-3)7-5-14/h4-7,12-13,15H,8-11H2,1-3H3,(H,21,22). The van der Waals surface area contributed by atoms with Crippen LogP contribution in [0.15, 0.2) is 24.3 Å². The average molecular weight is 319 g/mol. The predicted molar refractivity (Wildman–Crippen MR) is 87.3 cm³/mol. The Labute approximate surface area is 137 Å². The monoisotopic (exact) mass is 319 g/mol. The third-order valence-corrected chi connectivity index (χ3v) is 4.44. The molecule has 0 saturated carbocycles. The molecule has 1 amide bonds. The highest BCUT2D eigenvalue weighted by Gasteiger charge is 2.33. The van der Waals surface area contributed by atoms with Crippen molar-refractivity contribution in [3.8, 4) is 5.75 Å². The van der Waals surface area contributed by atoms with E-state index in [1.807, 2.05) is 38.1 Å². The number of ether oxygens (including phenoxy) is 1. The van der Waals surface area contributed by atoms with E-state index in [9.17, 15) is 14.7 Å². The number of rotatable bonds is 5. The minimum atomic E-state index is -0.808. The van der Waals surface area contributed by atoms with Gasteiger partial charge in [-0.15, -0.1) is 0 Å². The number of nitrogens with zero attached hydrogens (tertiary/aromatic N) is 1. The first-order chi connectivity index (χ1) is 10.9. The fourth-order valence-corrected chi connectivity index (χ4v) is 3.22. The second-order valence-corrected chi connectivity index (χ2v) is 6.57. The summed E-state index contributed by atoms with van der Waals surface area (Å²) < 4.78 is 5.13. The number of benzene rings is 1. The van der Waals surface area contributed by atoms with Gasteiger partial charge in [0.1, 0.15) is 5.75 Å². The Bertz CT molecular complexity index is 555. The van der Waals surface area contributed by atoms with Gasteiger partial charge in [0.2, 0.25) is 5.91 Å². The van der Waals surface area contributed by atoms with Crippen molar-refractivity contribution in [3.05, 3.63) is 29.8 Å². The quantitative estimate of drug-likeness (QED) is 0.905. The Morgan fingerprint density at radius 1 is 1.30 bits per heavy atom. The van der Waals surface area contributed by atoms with Gasteiger partial charge in [-0.3, -0.25) is 9.59 Å². The van der Waals surface area contributed by atoms with Gasteiger partial charge in [0.15, 0.2) is 0 Å². The van der Waals surface area contributed by atoms with E-state index in [1.165, 1.54) is 0 Å². The van der Waals surface area contributed by atoms with Gasteiger partial charge in [-0.2, -0.15) is 0 Å². The highest BCUT2D eigenvalue weighted by atomic mass is 16.5. The Hall–Kier alpha value is -2.04. The summed E-state index contributed by atoms with van der Waals surface area (Å²) in [5.41, 5.74) is 1.08. The molecule has 1 aromatic rings. The van der Waals surface area contributed by atoms with E-state index < -0.39 is 11.9 Å². The number of hydrogen-bond acceptors (Lipinski definition) is 3. The van der Waals surface area contributed by atoms with Crippen molar-refractivity contribution in [3.63, 3.8) is 0 Å². The topological polar surface area (TPSA) is 66.8 Å². The molecular weight excluding hydrogens is 294 g/mol. The van der Waals surface area contributed by atoms with E-state index in [1.54, 1.807) is 12.0 Å². The number of carbonyl (C=O) groups is 2. The minimum absolute atomic E-state index is 0.0404. The summed E-state index contributed by atoms with van der Waals surface area (Å²) in [5, 5.41) is 9.23. The van der Waals surface area contributed by atoms with E-state index in [2.05, 4.69) is 0 Å². The maximum absolute atomic E-state index is 12.6. The molecular formula is C18H25NO4. The molecule has 0 bridgehead atoms. The van der Waals surface area contributed by atoms with E-state index in [-0.39, 0.29) is 17.7 Å². The summed E-state index contributed by atoms with van der Waals surface area (Å²) in [6, 6.07) is 7.69. The van der Waals surface area contributed by atoms with Gasteiger partial charge in [-0.25, -0.2) is 0 Å². The fraction of sp³-hybridized carbons (Fsp3) is 0.556. The summed E-state index contributed by atoms with van der Waals surface area (Å²) in [6.45, 7) is 4.88. The maximum atomic E-state index is 12.6. The van der Waals surface area contributed by atoms with Gasteiger partial charge in [-0.1, -0.05) is 26.0 Å². The number of likely N-dealkylation sites (tertiary alicyclic amines) is 1. The number of carboxylic acids is 1. The minimum Gasteiger partial charge on any atom is -0.497 e. The van der Waals surface area contributed by atoms with Gasteiger partial charge in [0.05, 0.1) is 13.0 Å². The predicted octanol–water partition coefficient (Wildman–Crippen LogP) is 2.44. The number of methoxy groups -OCH3 is 1. The zero-order valence-corrected chi connectivity index (χ0v) is 14.0. The first-order valence-electron chi connectivity index (χ1n) is 8.05. The fourth-order valence-electron chi connectivity index (χ4n) is 3.22. The number of aliphatic carboxylic acids is 1. The lowest BCUT2D eigenvalue weighted by Crippen LogP contribution is -2.47. The molecule has 23 heavy (non-hydrogen) atoms. The lowest BCUT2D eigenvalue weighted by atomic mass is 9.89. The molecule has 1 aromatic carbocycles. The van der Waals surface area contributed by atoms with E-state index in [0.29, 0.717) is 25.9 Å². The molecule has 1 aliphatic rings. The van der Waals surface area contributed by atoms with Crippen molar-refractivity contribution in [1.82, 2.24) is 4.90 Å². The Morgan fingerprint density at radius 3 is 2.52 bits per heavy atom. The van der Waals surface area contributed by atoms with Crippen LogP contribution < -0.4 is 4.74 Å². The normalized spacial score (nSPS) is 22.5. The van der Waals surface area contributed by atoms with Crippen molar-refractivity contribution >= 4 is 11.9 Å². The summed E-state index contributed by atoms with van der Waals surface area (Å²) >= 11 is 0. The smallest absolute Gasteiger partial charge is 0.308 e. The van der Waals surface area contributed by atoms with Crippen LogP contribution in [0.25, 0.3) is 0 Å². The largest absolute Gasteiger partial charge is 0.497 e. The first kappa shape index (κ1) is 17.3. The van der Waals surface area contributed by atoms with Gasteiger partial charge in [0, 0.05) is 19.0 Å². The maximum Gasteiger partial charge on any atom is 0.308 e. The summed E-state index contributed by atoms with van der Waals surface area (Å²) in [7, 11) is 1.62. The van der Waals surface area contributed by atoms with Crippen LogP contribution in [-0.4, -0.2) is 42.1 Å². The van der Waals surface area contributed by atoms with Gasteiger partial charge in [0.25, 0.3) is 0 Å². The number of carboxylic acid groups (broad SMARTS) is 1. The van der Waals surface area contributed by atoms with E-state index >= 15 is 0 Å². The van der Waals surface area contributed by atoms with Crippen LogP contribution in [0.4, 0.5) is 0 Å². The van der Waals surface area contributed by atoms with Crippen LogP contribution in [0.3, 0.4) is 0 Å². The number of piperidine rings is 1. The third kappa shape index (κ3) is 4.47. The molecule has 1 fully saturated rings. The third-order valence-electron chi connectivity index (χ3n) is 4.44. The van der Waals surface area contributed by atoms with E-state index in [0.717, 1.165) is 11.3 Å². The molecule has 0 spiro atoms. The SMILES string of the molecule is COc1ccc(CC(C)C(=O)N2CC(C)CC(C(=O)O)C2)cc1. The Kier molecular flexibility index (Phi) is 5.64. The summed E-state index contributed by atoms with van der Waals surface area (Å²) in [6.07, 6.45) is 1.29. The van der Waals surface area contributed by atoms with Crippen molar-refractivity contribution in [2.75, 3.05) is 20.2 Å². The van der Waals surface area contributed by atoms with Crippen LogP contribution >= 0.6 is 0 Å². The lowest BCUT2D eigenvalue weighted by Gasteiger charge is -2.36. The zero-order valence-electron chi connectivity index (χ0n) is 14.0. The second kappa shape index (κ2) is 7.49. The second-order valence-electron chi connectivity index (χ2n) is 6.57. The number of carbonyl (C=O) groups excluding carboxylic acids is 1. The van der Waals surface area contributed by atoms with Crippen LogP contribution in [0.1, 0.15) is 25.8 Å². The molecule has 0 radical (unpaired) electrons. The molecule has 1 N–H and O–H groups in total. The van der Waals surface area contributed by atoms with Gasteiger partial charge >= 0.3 is 5.97 Å². The van der Waals surface area contributed by atoms with Crippen molar-refractivity contribution < 1.29 is 19.4 Å². The van der Waals surface area contributed by atoms with Gasteiger partial charge < -0.3 is 14.7 Å². The molecule has 1 aliphatic heterocycles. The summed E-state index contributed by atoms with van der Waals surface area (Å²) in [5.74, 6) is -0.362. The molecule has 1 saturated heterocycles. The highest BCUT2D eigenvalue weighted by Crippen LogP contribution is 2.24. The number of amides is 1. The Morgan fingerprint density at radius 2 is 1.96 bits per heavy atom.